The molecule has 1 amide bonds. The van der Waals surface area contributed by atoms with Gasteiger partial charge in [0.05, 0.1) is 30.2 Å². The number of nitrogens with one attached hydrogen (secondary N) is 1. The number of ketones is 1. The Bertz CT molecular complexity index is 1100. The van der Waals surface area contributed by atoms with Crippen LogP contribution in [0.3, 0.4) is 0 Å². The highest BCUT2D eigenvalue weighted by Crippen LogP contribution is 2.28. The summed E-state index contributed by atoms with van der Waals surface area (Å²) in [5.74, 6) is 0.149. The van der Waals surface area contributed by atoms with Crippen molar-refractivity contribution in [2.75, 3.05) is 32.8 Å². The number of benzene rings is 2. The summed E-state index contributed by atoms with van der Waals surface area (Å²) in [4.78, 5) is 25.9. The molecule has 7 nitrogen and oxygen atoms in total. The SMILES string of the molecule is CC(C)(C)C(=O)CNC(=O)c1ccccc1SCc1cccc(S(=O)(=O)N2CCOCC2)c1. The Morgan fingerprint density at radius 1 is 1.06 bits per heavy atom. The topological polar surface area (TPSA) is 92.8 Å². The molecular formula is C24H30N2O5S2. The number of hydrogen-bond acceptors (Lipinski definition) is 6. The minimum Gasteiger partial charge on any atom is -0.379 e. The van der Waals surface area contributed by atoms with Gasteiger partial charge in [0.15, 0.2) is 5.78 Å². The highest BCUT2D eigenvalue weighted by atomic mass is 32.2. The second-order valence-corrected chi connectivity index (χ2v) is 11.8. The van der Waals surface area contributed by atoms with Crippen LogP contribution in [0.25, 0.3) is 0 Å². The lowest BCUT2D eigenvalue weighted by atomic mass is 9.91. The van der Waals surface area contributed by atoms with Crippen molar-refractivity contribution in [3.8, 4) is 0 Å². The van der Waals surface area contributed by atoms with Crippen molar-refractivity contribution in [3.05, 3.63) is 59.7 Å². The van der Waals surface area contributed by atoms with E-state index >= 15 is 0 Å². The molecule has 0 aromatic heterocycles. The van der Waals surface area contributed by atoms with Gasteiger partial charge in [0.25, 0.3) is 5.91 Å². The molecule has 0 radical (unpaired) electrons. The fourth-order valence-electron chi connectivity index (χ4n) is 3.19. The van der Waals surface area contributed by atoms with Gasteiger partial charge in [-0.2, -0.15) is 4.31 Å². The molecule has 1 N–H and O–H groups in total. The van der Waals surface area contributed by atoms with Crippen LogP contribution in [-0.2, 0) is 25.3 Å². The molecule has 178 valence electrons. The summed E-state index contributed by atoms with van der Waals surface area (Å²) in [6.07, 6.45) is 0. The molecule has 9 heteroatoms. The Kier molecular flexibility index (Phi) is 8.33. The summed E-state index contributed by atoms with van der Waals surface area (Å²) >= 11 is 1.45. The van der Waals surface area contributed by atoms with Crippen LogP contribution in [0, 0.1) is 5.41 Å². The van der Waals surface area contributed by atoms with E-state index in [4.69, 9.17) is 4.74 Å². The van der Waals surface area contributed by atoms with Crippen LogP contribution in [0.2, 0.25) is 0 Å². The number of morpholine rings is 1. The molecule has 3 rings (SSSR count). The van der Waals surface area contributed by atoms with Gasteiger partial charge in [-0.05, 0) is 29.8 Å². The lowest BCUT2D eigenvalue weighted by molar-refractivity contribution is -0.125. The van der Waals surface area contributed by atoms with E-state index in [1.165, 1.54) is 16.1 Å². The second-order valence-electron chi connectivity index (χ2n) is 8.80. The molecule has 0 bridgehead atoms. The molecule has 1 aliphatic rings. The predicted molar refractivity (Wildman–Crippen MR) is 129 cm³/mol. The molecule has 1 fully saturated rings. The zero-order valence-corrected chi connectivity index (χ0v) is 20.8. The van der Waals surface area contributed by atoms with Crippen LogP contribution in [0.5, 0.6) is 0 Å². The zero-order valence-electron chi connectivity index (χ0n) is 19.2. The number of nitrogens with zero attached hydrogens (tertiary/aromatic N) is 1. The summed E-state index contributed by atoms with van der Waals surface area (Å²) in [6.45, 7) is 6.92. The number of ether oxygens (including phenoxy) is 1. The minimum atomic E-state index is -3.57. The minimum absolute atomic E-state index is 0.0250. The second kappa shape index (κ2) is 10.8. The van der Waals surface area contributed by atoms with Crippen molar-refractivity contribution in [2.45, 2.75) is 36.3 Å². The van der Waals surface area contributed by atoms with Crippen molar-refractivity contribution >= 4 is 33.5 Å². The highest BCUT2D eigenvalue weighted by Gasteiger charge is 2.26. The summed E-state index contributed by atoms with van der Waals surface area (Å²) in [5, 5.41) is 2.71. The van der Waals surface area contributed by atoms with Crippen LogP contribution in [0.15, 0.2) is 58.3 Å². The van der Waals surface area contributed by atoms with Gasteiger partial charge in [-0.3, -0.25) is 9.59 Å². The number of carbonyl (C=O) groups excluding carboxylic acids is 2. The molecule has 33 heavy (non-hydrogen) atoms. The lowest BCUT2D eigenvalue weighted by Crippen LogP contribution is -2.40. The van der Waals surface area contributed by atoms with Crippen molar-refractivity contribution in [1.82, 2.24) is 9.62 Å². The lowest BCUT2D eigenvalue weighted by Gasteiger charge is -2.26. The standard InChI is InChI=1S/C24H30N2O5S2/c1-24(2,3)22(27)16-25-23(28)20-9-4-5-10-21(20)32-17-18-7-6-8-19(15-18)33(29,30)26-11-13-31-14-12-26/h4-10,15H,11-14,16-17H2,1-3H3,(H,25,28). The number of rotatable bonds is 8. The van der Waals surface area contributed by atoms with Crippen molar-refractivity contribution < 1.29 is 22.7 Å². The van der Waals surface area contributed by atoms with E-state index in [0.717, 1.165) is 10.5 Å². The first-order valence-electron chi connectivity index (χ1n) is 10.8. The molecule has 2 aromatic carbocycles. The number of thioether (sulfide) groups is 1. The van der Waals surface area contributed by atoms with Gasteiger partial charge in [0, 0.05) is 29.2 Å². The smallest absolute Gasteiger partial charge is 0.252 e. The number of carbonyl (C=O) groups is 2. The summed E-state index contributed by atoms with van der Waals surface area (Å²) in [5.41, 5.74) is 0.808. The van der Waals surface area contributed by atoms with Gasteiger partial charge < -0.3 is 10.1 Å². The Hall–Kier alpha value is -2.20. The quantitative estimate of drug-likeness (QED) is 0.571. The Balaban J connectivity index is 1.69. The number of sulfonamides is 1. The third kappa shape index (κ3) is 6.66. The fraction of sp³-hybridized carbons (Fsp3) is 0.417. The zero-order chi connectivity index (χ0) is 24.1. The third-order valence-corrected chi connectivity index (χ3v) is 8.32. The maximum absolute atomic E-state index is 12.9. The van der Waals surface area contributed by atoms with Gasteiger partial charge in [0.2, 0.25) is 10.0 Å². The van der Waals surface area contributed by atoms with E-state index < -0.39 is 15.4 Å². The summed E-state index contributed by atoms with van der Waals surface area (Å²) in [6, 6.07) is 14.1. The van der Waals surface area contributed by atoms with Crippen molar-refractivity contribution in [3.63, 3.8) is 0 Å². The average molecular weight is 491 g/mol. The molecule has 0 aliphatic carbocycles. The number of hydrogen-bond donors (Lipinski definition) is 1. The average Bonchev–Trinajstić information content (AvgIpc) is 2.81. The predicted octanol–water partition coefficient (Wildman–Crippen LogP) is 3.34. The Morgan fingerprint density at radius 2 is 1.76 bits per heavy atom. The maximum atomic E-state index is 12.9. The van der Waals surface area contributed by atoms with E-state index in [2.05, 4.69) is 5.32 Å². The van der Waals surface area contributed by atoms with Crippen molar-refractivity contribution in [2.24, 2.45) is 5.41 Å². The largest absolute Gasteiger partial charge is 0.379 e. The summed E-state index contributed by atoms with van der Waals surface area (Å²) < 4.78 is 32.6. The molecule has 0 unspecified atom stereocenters. The Morgan fingerprint density at radius 3 is 2.45 bits per heavy atom. The summed E-state index contributed by atoms with van der Waals surface area (Å²) in [7, 11) is -3.57. The number of amides is 1. The first kappa shape index (κ1) is 25.4. The molecule has 0 atom stereocenters. The highest BCUT2D eigenvalue weighted by molar-refractivity contribution is 7.98. The first-order chi connectivity index (χ1) is 15.6. The Labute approximate surface area is 199 Å². The first-order valence-corrected chi connectivity index (χ1v) is 13.2. The van der Waals surface area contributed by atoms with Gasteiger partial charge in [0.1, 0.15) is 0 Å². The molecular weight excluding hydrogens is 460 g/mol. The molecule has 0 saturated carbocycles. The van der Waals surface area contributed by atoms with E-state index in [1.54, 1.807) is 30.3 Å². The number of Topliss-reactive ketones (excluding diaryl/α,β-unsaturated/α-hetero) is 1. The van der Waals surface area contributed by atoms with Gasteiger partial charge >= 0.3 is 0 Å². The van der Waals surface area contributed by atoms with Crippen LogP contribution >= 0.6 is 11.8 Å². The van der Waals surface area contributed by atoms with Crippen LogP contribution in [0.1, 0.15) is 36.7 Å². The van der Waals surface area contributed by atoms with Crippen LogP contribution in [0.4, 0.5) is 0 Å². The molecule has 1 heterocycles. The van der Waals surface area contributed by atoms with Crippen molar-refractivity contribution in [1.29, 1.82) is 0 Å². The molecule has 0 spiro atoms. The van der Waals surface area contributed by atoms with E-state index in [-0.39, 0.29) is 23.1 Å². The van der Waals surface area contributed by atoms with Crippen LogP contribution in [-0.4, -0.2) is 57.3 Å². The van der Waals surface area contributed by atoms with E-state index in [0.29, 0.717) is 37.6 Å². The molecule has 1 saturated heterocycles. The van der Waals surface area contributed by atoms with Crippen LogP contribution < -0.4 is 5.32 Å². The van der Waals surface area contributed by atoms with Gasteiger partial charge in [-0.25, -0.2) is 8.42 Å². The maximum Gasteiger partial charge on any atom is 0.252 e. The van der Waals surface area contributed by atoms with E-state index in [9.17, 15) is 18.0 Å². The molecule has 2 aromatic rings. The normalized spacial score (nSPS) is 15.2. The monoisotopic (exact) mass is 490 g/mol. The van der Waals surface area contributed by atoms with Gasteiger partial charge in [-0.15, -0.1) is 11.8 Å². The molecule has 1 aliphatic heterocycles. The van der Waals surface area contributed by atoms with E-state index in [1.807, 2.05) is 39.0 Å². The van der Waals surface area contributed by atoms with Gasteiger partial charge in [-0.1, -0.05) is 45.0 Å². The third-order valence-electron chi connectivity index (χ3n) is 5.28. The fourth-order valence-corrected chi connectivity index (χ4v) is 5.67.